The molecule has 2 nitrogen and oxygen atoms in total. The van der Waals surface area contributed by atoms with Gasteiger partial charge >= 0.3 is 0 Å². The molecule has 0 saturated heterocycles. The van der Waals surface area contributed by atoms with Gasteiger partial charge in [0.1, 0.15) is 0 Å². The Morgan fingerprint density at radius 3 is 1.51 bits per heavy atom. The van der Waals surface area contributed by atoms with E-state index in [4.69, 9.17) is 11.5 Å². The molecule has 1 saturated carbocycles. The van der Waals surface area contributed by atoms with Gasteiger partial charge in [-0.1, -0.05) is 134 Å². The fourth-order valence-corrected chi connectivity index (χ4v) is 6.38. The number of anilines is 2. The fraction of sp³-hybridized carbons (Fsp3) is 0.636. The van der Waals surface area contributed by atoms with Gasteiger partial charge in [-0.3, -0.25) is 0 Å². The third-order valence-corrected chi connectivity index (χ3v) is 8.50. The minimum Gasteiger partial charge on any atom is -0.399 e. The Bertz CT molecular complexity index is 762. The molecule has 2 aromatic rings. The molecule has 0 aliphatic heterocycles. The molecule has 0 radical (unpaired) electrons. The third-order valence-electron chi connectivity index (χ3n) is 8.50. The highest BCUT2D eigenvalue weighted by Crippen LogP contribution is 2.48. The van der Waals surface area contributed by atoms with Gasteiger partial charge in [-0.15, -0.1) is 0 Å². The van der Waals surface area contributed by atoms with Crippen LogP contribution in [-0.4, -0.2) is 0 Å². The van der Waals surface area contributed by atoms with Gasteiger partial charge in [0.25, 0.3) is 0 Å². The van der Waals surface area contributed by atoms with Crippen LogP contribution in [0.1, 0.15) is 134 Å². The zero-order chi connectivity index (χ0) is 24.8. The van der Waals surface area contributed by atoms with Crippen LogP contribution in [0.5, 0.6) is 0 Å². The van der Waals surface area contributed by atoms with Crippen LogP contribution in [0.25, 0.3) is 0 Å². The number of rotatable bonds is 16. The Morgan fingerprint density at radius 1 is 0.629 bits per heavy atom. The van der Waals surface area contributed by atoms with Gasteiger partial charge in [0.05, 0.1) is 0 Å². The second-order valence-electron chi connectivity index (χ2n) is 11.3. The lowest BCUT2D eigenvalue weighted by Crippen LogP contribution is -2.34. The van der Waals surface area contributed by atoms with Crippen LogP contribution in [0.15, 0.2) is 48.5 Å². The molecule has 4 N–H and O–H groups in total. The van der Waals surface area contributed by atoms with Crippen LogP contribution < -0.4 is 11.5 Å². The SMILES string of the molecule is CCCCCCCCCCCCCCCC1CCCC(c2ccc(N)cc2)(c2ccc(N)cc2)C1. The van der Waals surface area contributed by atoms with Crippen molar-refractivity contribution >= 4 is 11.4 Å². The first-order chi connectivity index (χ1) is 17.1. The van der Waals surface area contributed by atoms with E-state index in [2.05, 4.69) is 55.5 Å². The maximum atomic E-state index is 6.03. The molecule has 1 aliphatic rings. The summed E-state index contributed by atoms with van der Waals surface area (Å²) < 4.78 is 0. The lowest BCUT2D eigenvalue weighted by Gasteiger charge is -2.42. The zero-order valence-electron chi connectivity index (χ0n) is 22.6. The van der Waals surface area contributed by atoms with Crippen LogP contribution in [0.4, 0.5) is 11.4 Å². The predicted octanol–water partition coefficient (Wildman–Crippen LogP) is 9.81. The fourth-order valence-electron chi connectivity index (χ4n) is 6.38. The monoisotopic (exact) mass is 476 g/mol. The average Bonchev–Trinajstić information content (AvgIpc) is 2.88. The quantitative estimate of drug-likeness (QED) is 0.187. The van der Waals surface area contributed by atoms with Gasteiger partial charge in [0.2, 0.25) is 0 Å². The smallest absolute Gasteiger partial charge is 0.0314 e. The highest BCUT2D eigenvalue weighted by molar-refractivity contribution is 5.49. The zero-order valence-corrected chi connectivity index (χ0v) is 22.6. The molecular weight excluding hydrogens is 424 g/mol. The van der Waals surface area contributed by atoms with Gasteiger partial charge in [-0.2, -0.15) is 0 Å². The minimum absolute atomic E-state index is 0.0981. The number of nitrogens with two attached hydrogens (primary N) is 2. The van der Waals surface area contributed by atoms with Crippen LogP contribution >= 0.6 is 0 Å². The standard InChI is InChI=1S/C33H52N2/c1-2-3-4-5-6-7-8-9-10-11-12-13-14-16-28-17-15-26-33(27-28,29-18-22-31(34)23-19-29)30-20-24-32(35)25-21-30/h18-25,28H,2-17,26-27,34-35H2,1H3. The highest BCUT2D eigenvalue weighted by Gasteiger charge is 2.39. The van der Waals surface area contributed by atoms with Crippen LogP contribution in [0.3, 0.4) is 0 Å². The predicted molar refractivity (Wildman–Crippen MR) is 155 cm³/mol. The molecule has 1 fully saturated rings. The Morgan fingerprint density at radius 2 is 1.06 bits per heavy atom. The van der Waals surface area contributed by atoms with E-state index >= 15 is 0 Å². The summed E-state index contributed by atoms with van der Waals surface area (Å²) >= 11 is 0. The van der Waals surface area contributed by atoms with Gasteiger partial charge < -0.3 is 11.5 Å². The molecule has 0 amide bonds. The number of hydrogen-bond donors (Lipinski definition) is 2. The number of benzene rings is 2. The molecule has 3 rings (SSSR count). The van der Waals surface area contributed by atoms with Gasteiger partial charge in [-0.05, 0) is 54.2 Å². The minimum atomic E-state index is 0.0981. The Kier molecular flexibility index (Phi) is 12.0. The van der Waals surface area contributed by atoms with Crippen molar-refractivity contribution in [1.82, 2.24) is 0 Å². The molecule has 1 atom stereocenters. The van der Waals surface area contributed by atoms with E-state index in [1.807, 2.05) is 0 Å². The number of nitrogen functional groups attached to an aromatic ring is 2. The first-order valence-electron chi connectivity index (χ1n) is 14.9. The number of unbranched alkanes of at least 4 members (excludes halogenated alkanes) is 12. The molecule has 1 unspecified atom stereocenters. The van der Waals surface area contributed by atoms with Crippen molar-refractivity contribution in [3.05, 3.63) is 59.7 Å². The van der Waals surface area contributed by atoms with Crippen molar-refractivity contribution < 1.29 is 0 Å². The molecule has 0 spiro atoms. The summed E-state index contributed by atoms with van der Waals surface area (Å²) in [6.07, 6.45) is 25.1. The maximum Gasteiger partial charge on any atom is 0.0314 e. The van der Waals surface area contributed by atoms with E-state index in [0.29, 0.717) is 0 Å². The van der Waals surface area contributed by atoms with Crippen molar-refractivity contribution in [1.29, 1.82) is 0 Å². The summed E-state index contributed by atoms with van der Waals surface area (Å²) in [7, 11) is 0. The van der Waals surface area contributed by atoms with E-state index in [9.17, 15) is 0 Å². The maximum absolute atomic E-state index is 6.03. The van der Waals surface area contributed by atoms with E-state index in [0.717, 1.165) is 17.3 Å². The second-order valence-corrected chi connectivity index (χ2v) is 11.3. The van der Waals surface area contributed by atoms with E-state index in [1.54, 1.807) is 0 Å². The molecular formula is C33H52N2. The van der Waals surface area contributed by atoms with Crippen LogP contribution in [0, 0.1) is 5.92 Å². The largest absolute Gasteiger partial charge is 0.399 e. The molecule has 1 aliphatic carbocycles. The lowest BCUT2D eigenvalue weighted by molar-refractivity contribution is 0.240. The topological polar surface area (TPSA) is 52.0 Å². The number of hydrogen-bond acceptors (Lipinski definition) is 2. The molecule has 194 valence electrons. The van der Waals surface area contributed by atoms with Crippen molar-refractivity contribution in [2.75, 3.05) is 11.5 Å². The van der Waals surface area contributed by atoms with Crippen LogP contribution in [0.2, 0.25) is 0 Å². The summed E-state index contributed by atoms with van der Waals surface area (Å²) in [6, 6.07) is 17.3. The molecule has 2 aromatic carbocycles. The average molecular weight is 477 g/mol. The normalized spacial score (nSPS) is 17.5. The third kappa shape index (κ3) is 8.89. The van der Waals surface area contributed by atoms with E-state index in [-0.39, 0.29) is 5.41 Å². The molecule has 0 aromatic heterocycles. The van der Waals surface area contributed by atoms with E-state index in [1.165, 1.54) is 127 Å². The van der Waals surface area contributed by atoms with Crippen LogP contribution in [-0.2, 0) is 5.41 Å². The summed E-state index contributed by atoms with van der Waals surface area (Å²) in [5.41, 5.74) is 16.7. The first kappa shape index (κ1) is 27.6. The Labute approximate surface area is 216 Å². The highest BCUT2D eigenvalue weighted by atomic mass is 14.5. The van der Waals surface area contributed by atoms with Crippen molar-refractivity contribution in [3.8, 4) is 0 Å². The van der Waals surface area contributed by atoms with Crippen molar-refractivity contribution in [3.63, 3.8) is 0 Å². The molecule has 2 heteroatoms. The summed E-state index contributed by atoms with van der Waals surface area (Å²) in [5, 5.41) is 0. The molecule has 35 heavy (non-hydrogen) atoms. The van der Waals surface area contributed by atoms with Gasteiger partial charge in [-0.25, -0.2) is 0 Å². The second kappa shape index (κ2) is 15.2. The molecule has 0 heterocycles. The van der Waals surface area contributed by atoms with E-state index < -0.39 is 0 Å². The van der Waals surface area contributed by atoms with Crippen molar-refractivity contribution in [2.45, 2.75) is 128 Å². The molecule has 0 bridgehead atoms. The summed E-state index contributed by atoms with van der Waals surface area (Å²) in [5.74, 6) is 0.812. The summed E-state index contributed by atoms with van der Waals surface area (Å²) in [4.78, 5) is 0. The van der Waals surface area contributed by atoms with Crippen molar-refractivity contribution in [2.24, 2.45) is 5.92 Å². The Balaban J connectivity index is 1.41. The summed E-state index contributed by atoms with van der Waals surface area (Å²) in [6.45, 7) is 2.30. The van der Waals surface area contributed by atoms with Gasteiger partial charge in [0, 0.05) is 16.8 Å². The lowest BCUT2D eigenvalue weighted by atomic mass is 9.61. The van der Waals surface area contributed by atoms with Gasteiger partial charge in [0.15, 0.2) is 0 Å². The Hall–Kier alpha value is -1.96. The first-order valence-corrected chi connectivity index (χ1v) is 14.9.